The molecule has 3 heterocycles. The van der Waals surface area contributed by atoms with Gasteiger partial charge in [0.05, 0.1) is 11.7 Å². The van der Waals surface area contributed by atoms with Gasteiger partial charge in [-0.2, -0.15) is 5.10 Å². The van der Waals surface area contributed by atoms with Crippen LogP contribution in [0.15, 0.2) is 24.4 Å². The van der Waals surface area contributed by atoms with Crippen molar-refractivity contribution in [3.8, 4) is 11.5 Å². The Labute approximate surface area is 202 Å². The number of carbonyl (C=O) groups is 1. The lowest BCUT2D eigenvalue weighted by Crippen LogP contribution is -2.49. The number of rotatable bonds is 4. The summed E-state index contributed by atoms with van der Waals surface area (Å²) in [5.74, 6) is -0.0251. The molecule has 1 aromatic carbocycles. The van der Waals surface area contributed by atoms with Crippen molar-refractivity contribution in [3.05, 3.63) is 35.2 Å². The van der Waals surface area contributed by atoms with Crippen LogP contribution in [0.3, 0.4) is 0 Å². The van der Waals surface area contributed by atoms with Crippen molar-refractivity contribution in [1.82, 2.24) is 30.0 Å². The lowest BCUT2D eigenvalue weighted by Gasteiger charge is -2.33. The highest BCUT2D eigenvalue weighted by atomic mass is 35.5. The van der Waals surface area contributed by atoms with Crippen molar-refractivity contribution in [2.75, 3.05) is 18.4 Å². The predicted octanol–water partition coefficient (Wildman–Crippen LogP) is 4.74. The Morgan fingerprint density at radius 2 is 1.94 bits per heavy atom. The smallest absolute Gasteiger partial charge is 0.317 e. The molecule has 2 aromatic heterocycles. The Morgan fingerprint density at radius 1 is 1.15 bits per heavy atom. The molecule has 2 fully saturated rings. The maximum Gasteiger partial charge on any atom is 0.317 e. The van der Waals surface area contributed by atoms with E-state index in [0.717, 1.165) is 62.5 Å². The standard InChI is InChI=1S/C24H29ClFN7O/c1-32-20-9-8-15(25)12-18(20)21(31-32)23-27-14-19(26)22(30-23)28-16-6-5-7-17(13-16)29-24(34)33-10-3-2-4-11-33/h8-9,12,14,16-17H,2-7,10-11,13H2,1H3,(H,29,34)(H,27,28,30)/t16-,17+/m0/s1. The number of aryl methyl sites for hydroxylation is 1. The Hall–Kier alpha value is -2.94. The van der Waals surface area contributed by atoms with Crippen LogP contribution in [0.4, 0.5) is 15.0 Å². The molecule has 180 valence electrons. The zero-order valence-electron chi connectivity index (χ0n) is 19.2. The Kier molecular flexibility index (Phi) is 6.54. The minimum absolute atomic E-state index is 0.00702. The number of aromatic nitrogens is 4. The van der Waals surface area contributed by atoms with E-state index in [0.29, 0.717) is 16.5 Å². The number of fused-ring (bicyclic) bond motifs is 1. The molecule has 0 radical (unpaired) electrons. The van der Waals surface area contributed by atoms with E-state index in [2.05, 4.69) is 25.7 Å². The summed E-state index contributed by atoms with van der Waals surface area (Å²) in [6.45, 7) is 1.64. The second kappa shape index (κ2) is 9.74. The number of anilines is 1. The summed E-state index contributed by atoms with van der Waals surface area (Å²) >= 11 is 6.19. The van der Waals surface area contributed by atoms with Crippen molar-refractivity contribution < 1.29 is 9.18 Å². The number of benzene rings is 1. The summed E-state index contributed by atoms with van der Waals surface area (Å²) in [5, 5.41) is 12.4. The number of carbonyl (C=O) groups excluding carboxylic acids is 1. The van der Waals surface area contributed by atoms with Crippen molar-refractivity contribution >= 4 is 34.4 Å². The van der Waals surface area contributed by atoms with Gasteiger partial charge < -0.3 is 15.5 Å². The van der Waals surface area contributed by atoms with Gasteiger partial charge in [0.15, 0.2) is 17.5 Å². The van der Waals surface area contributed by atoms with E-state index in [-0.39, 0.29) is 23.9 Å². The predicted molar refractivity (Wildman–Crippen MR) is 130 cm³/mol. The van der Waals surface area contributed by atoms with Crippen molar-refractivity contribution in [2.45, 2.75) is 57.0 Å². The van der Waals surface area contributed by atoms with E-state index < -0.39 is 5.82 Å². The second-order valence-corrected chi connectivity index (χ2v) is 9.66. The van der Waals surface area contributed by atoms with Gasteiger partial charge >= 0.3 is 6.03 Å². The van der Waals surface area contributed by atoms with Crippen LogP contribution < -0.4 is 10.6 Å². The van der Waals surface area contributed by atoms with Gasteiger partial charge in [-0.05, 0) is 63.1 Å². The summed E-state index contributed by atoms with van der Waals surface area (Å²) in [6.07, 6.45) is 7.98. The molecule has 2 amide bonds. The van der Waals surface area contributed by atoms with E-state index in [4.69, 9.17) is 11.6 Å². The number of nitrogens with one attached hydrogen (secondary N) is 2. The highest BCUT2D eigenvalue weighted by molar-refractivity contribution is 6.31. The number of amides is 2. The average molecular weight is 486 g/mol. The molecule has 8 nitrogen and oxygen atoms in total. The molecule has 3 aromatic rings. The largest absolute Gasteiger partial charge is 0.365 e. The van der Waals surface area contributed by atoms with Crippen LogP contribution >= 0.6 is 11.6 Å². The fourth-order valence-corrected chi connectivity index (χ4v) is 5.17. The van der Waals surface area contributed by atoms with Gasteiger partial charge in [-0.15, -0.1) is 0 Å². The molecule has 0 bridgehead atoms. The molecule has 2 N–H and O–H groups in total. The van der Waals surface area contributed by atoms with Gasteiger partial charge in [0.1, 0.15) is 5.69 Å². The number of halogens is 2. The Morgan fingerprint density at radius 3 is 2.76 bits per heavy atom. The van der Waals surface area contributed by atoms with Gasteiger partial charge in [-0.1, -0.05) is 11.6 Å². The number of hydrogen-bond donors (Lipinski definition) is 2. The molecule has 1 aliphatic carbocycles. The van der Waals surface area contributed by atoms with Crippen LogP contribution in [-0.4, -0.2) is 55.9 Å². The summed E-state index contributed by atoms with van der Waals surface area (Å²) in [6, 6.07) is 5.59. The van der Waals surface area contributed by atoms with Crippen molar-refractivity contribution in [1.29, 1.82) is 0 Å². The first kappa shape index (κ1) is 22.8. The Balaban J connectivity index is 1.31. The summed E-state index contributed by atoms with van der Waals surface area (Å²) in [4.78, 5) is 23.2. The quantitative estimate of drug-likeness (QED) is 0.557. The molecule has 2 atom stereocenters. The highest BCUT2D eigenvalue weighted by Crippen LogP contribution is 2.29. The molecule has 10 heteroatoms. The molecule has 1 saturated carbocycles. The van der Waals surface area contributed by atoms with Crippen LogP contribution in [0.5, 0.6) is 0 Å². The third-order valence-electron chi connectivity index (χ3n) is 6.75. The van der Waals surface area contributed by atoms with Crippen LogP contribution in [-0.2, 0) is 7.05 Å². The molecular weight excluding hydrogens is 457 g/mol. The minimum atomic E-state index is -0.513. The summed E-state index contributed by atoms with van der Waals surface area (Å²) in [7, 11) is 1.84. The molecule has 1 aliphatic heterocycles. The van der Waals surface area contributed by atoms with Gasteiger partial charge in [0.25, 0.3) is 0 Å². The first-order valence-corrected chi connectivity index (χ1v) is 12.3. The molecular formula is C24H29ClFN7O. The van der Waals surface area contributed by atoms with Gasteiger partial charge in [0, 0.05) is 42.6 Å². The first-order valence-electron chi connectivity index (χ1n) is 11.9. The van der Waals surface area contributed by atoms with Gasteiger partial charge in [0.2, 0.25) is 0 Å². The van der Waals surface area contributed by atoms with Crippen molar-refractivity contribution in [3.63, 3.8) is 0 Å². The normalized spacial score (nSPS) is 21.0. The third-order valence-corrected chi connectivity index (χ3v) is 6.99. The van der Waals surface area contributed by atoms with E-state index in [1.165, 1.54) is 12.6 Å². The van der Waals surface area contributed by atoms with E-state index >= 15 is 0 Å². The lowest BCUT2D eigenvalue weighted by atomic mass is 9.91. The third kappa shape index (κ3) is 4.80. The average Bonchev–Trinajstić information content (AvgIpc) is 3.16. The minimum Gasteiger partial charge on any atom is -0.365 e. The number of likely N-dealkylation sites (tertiary alicyclic amines) is 1. The monoisotopic (exact) mass is 485 g/mol. The fourth-order valence-electron chi connectivity index (χ4n) is 4.99. The first-order chi connectivity index (χ1) is 16.5. The number of urea groups is 1. The van der Waals surface area contributed by atoms with Crippen LogP contribution in [0.25, 0.3) is 22.4 Å². The second-order valence-electron chi connectivity index (χ2n) is 9.23. The molecule has 1 saturated heterocycles. The van der Waals surface area contributed by atoms with E-state index in [1.54, 1.807) is 10.7 Å². The number of piperidine rings is 1. The summed E-state index contributed by atoms with van der Waals surface area (Å²) < 4.78 is 16.4. The van der Waals surface area contributed by atoms with Gasteiger partial charge in [-0.3, -0.25) is 4.68 Å². The Bertz CT molecular complexity index is 1190. The maximum atomic E-state index is 14.7. The lowest BCUT2D eigenvalue weighted by molar-refractivity contribution is 0.178. The highest BCUT2D eigenvalue weighted by Gasteiger charge is 2.27. The molecule has 34 heavy (non-hydrogen) atoms. The van der Waals surface area contributed by atoms with Crippen LogP contribution in [0.2, 0.25) is 5.02 Å². The van der Waals surface area contributed by atoms with E-state index in [9.17, 15) is 9.18 Å². The topological polar surface area (TPSA) is 88.0 Å². The maximum absolute atomic E-state index is 14.7. The molecule has 0 spiro atoms. The number of nitrogens with zero attached hydrogens (tertiary/aromatic N) is 5. The van der Waals surface area contributed by atoms with Gasteiger partial charge in [-0.25, -0.2) is 19.2 Å². The number of hydrogen-bond acceptors (Lipinski definition) is 5. The van der Waals surface area contributed by atoms with Crippen molar-refractivity contribution in [2.24, 2.45) is 7.05 Å². The molecule has 5 rings (SSSR count). The summed E-state index contributed by atoms with van der Waals surface area (Å²) in [5.41, 5.74) is 1.44. The fraction of sp³-hybridized carbons (Fsp3) is 0.500. The van der Waals surface area contributed by atoms with Crippen LogP contribution in [0.1, 0.15) is 44.9 Å². The van der Waals surface area contributed by atoms with Crippen LogP contribution in [0, 0.1) is 5.82 Å². The van der Waals surface area contributed by atoms with E-state index in [1.807, 2.05) is 24.1 Å². The zero-order valence-corrected chi connectivity index (χ0v) is 20.0. The zero-order chi connectivity index (χ0) is 23.7. The molecule has 2 aliphatic rings. The SMILES string of the molecule is Cn1nc(-c2ncc(F)c(N[C@H]3CCC[C@@H](NC(=O)N4CCCCC4)C3)n2)c2cc(Cl)ccc21. The molecule has 0 unspecified atom stereocenters.